The van der Waals surface area contributed by atoms with Gasteiger partial charge in [-0.3, -0.25) is 0 Å². The topological polar surface area (TPSA) is 86.0 Å². The predicted octanol–water partition coefficient (Wildman–Crippen LogP) is 2.04. The second kappa shape index (κ2) is 6.31. The Kier molecular flexibility index (Phi) is 4.48. The SMILES string of the molecule is COCCc1ccccc1Nc1nc(N)nc(Cl)n1. The zero-order chi connectivity index (χ0) is 13.7. The number of nitrogen functional groups attached to an aromatic ring is 1. The van der Waals surface area contributed by atoms with E-state index in [2.05, 4.69) is 20.3 Å². The van der Waals surface area contributed by atoms with Gasteiger partial charge >= 0.3 is 0 Å². The average Bonchev–Trinajstić information content (AvgIpc) is 2.36. The van der Waals surface area contributed by atoms with Crippen molar-refractivity contribution in [1.29, 1.82) is 0 Å². The van der Waals surface area contributed by atoms with Gasteiger partial charge in [0.15, 0.2) is 0 Å². The summed E-state index contributed by atoms with van der Waals surface area (Å²) in [6.45, 7) is 0.638. The van der Waals surface area contributed by atoms with Gasteiger partial charge in [-0.25, -0.2) is 0 Å². The molecule has 2 aromatic rings. The minimum Gasteiger partial charge on any atom is -0.384 e. The molecule has 1 aromatic heterocycles. The number of aromatic nitrogens is 3. The van der Waals surface area contributed by atoms with Gasteiger partial charge in [-0.05, 0) is 29.7 Å². The number of anilines is 3. The van der Waals surface area contributed by atoms with Gasteiger partial charge in [-0.15, -0.1) is 0 Å². The Morgan fingerprint density at radius 2 is 2.05 bits per heavy atom. The molecule has 0 unspecified atom stereocenters. The first-order chi connectivity index (χ1) is 9.19. The molecule has 0 saturated heterocycles. The number of para-hydroxylation sites is 1. The fraction of sp³-hybridized carbons (Fsp3) is 0.250. The number of hydrogen-bond donors (Lipinski definition) is 2. The third kappa shape index (κ3) is 3.77. The summed E-state index contributed by atoms with van der Waals surface area (Å²) in [6, 6.07) is 7.82. The van der Waals surface area contributed by atoms with E-state index >= 15 is 0 Å². The Hall–Kier alpha value is -1.92. The Morgan fingerprint density at radius 1 is 1.26 bits per heavy atom. The number of nitrogens with two attached hydrogens (primary N) is 1. The maximum atomic E-state index is 5.74. The molecule has 1 aromatic carbocycles. The molecule has 0 aliphatic heterocycles. The second-order valence-electron chi connectivity index (χ2n) is 3.81. The third-order valence-electron chi connectivity index (χ3n) is 2.46. The minimum absolute atomic E-state index is 0.0596. The van der Waals surface area contributed by atoms with Crippen molar-refractivity contribution < 1.29 is 4.74 Å². The Labute approximate surface area is 116 Å². The molecule has 2 rings (SSSR count). The van der Waals surface area contributed by atoms with E-state index in [-0.39, 0.29) is 11.2 Å². The van der Waals surface area contributed by atoms with Gasteiger partial charge in [0.2, 0.25) is 17.2 Å². The summed E-state index contributed by atoms with van der Waals surface area (Å²) in [4.78, 5) is 11.7. The lowest BCUT2D eigenvalue weighted by molar-refractivity contribution is 0.202. The summed E-state index contributed by atoms with van der Waals surface area (Å²) >= 11 is 5.74. The lowest BCUT2D eigenvalue weighted by Crippen LogP contribution is -2.05. The average molecular weight is 280 g/mol. The van der Waals surface area contributed by atoms with Crippen LogP contribution in [-0.2, 0) is 11.2 Å². The highest BCUT2D eigenvalue weighted by Crippen LogP contribution is 2.20. The predicted molar refractivity (Wildman–Crippen MR) is 74.6 cm³/mol. The maximum Gasteiger partial charge on any atom is 0.233 e. The van der Waals surface area contributed by atoms with E-state index in [0.29, 0.717) is 12.6 Å². The molecule has 0 amide bonds. The van der Waals surface area contributed by atoms with E-state index in [4.69, 9.17) is 22.1 Å². The second-order valence-corrected chi connectivity index (χ2v) is 4.15. The van der Waals surface area contributed by atoms with Crippen molar-refractivity contribution in [2.24, 2.45) is 0 Å². The number of hydrogen-bond acceptors (Lipinski definition) is 6. The van der Waals surface area contributed by atoms with E-state index in [0.717, 1.165) is 17.7 Å². The molecule has 0 fully saturated rings. The number of nitrogens with one attached hydrogen (secondary N) is 1. The van der Waals surface area contributed by atoms with Crippen molar-refractivity contribution in [3.05, 3.63) is 35.1 Å². The summed E-state index contributed by atoms with van der Waals surface area (Å²) in [6.07, 6.45) is 0.786. The molecule has 0 spiro atoms. The van der Waals surface area contributed by atoms with Gasteiger partial charge in [-0.1, -0.05) is 18.2 Å². The van der Waals surface area contributed by atoms with E-state index in [9.17, 15) is 0 Å². The number of nitrogens with zero attached hydrogens (tertiary/aromatic N) is 3. The standard InChI is InChI=1S/C12H14ClN5O/c1-19-7-6-8-4-2-3-5-9(8)15-12-17-10(13)16-11(14)18-12/h2-5H,6-7H2,1H3,(H3,14,15,16,17,18). The highest BCUT2D eigenvalue weighted by atomic mass is 35.5. The first-order valence-electron chi connectivity index (χ1n) is 5.70. The van der Waals surface area contributed by atoms with Gasteiger partial charge in [-0.2, -0.15) is 15.0 Å². The first kappa shape index (κ1) is 13.5. The van der Waals surface area contributed by atoms with Crippen molar-refractivity contribution in [3.8, 4) is 0 Å². The lowest BCUT2D eigenvalue weighted by Gasteiger charge is -2.10. The molecule has 7 heteroatoms. The molecule has 100 valence electrons. The van der Waals surface area contributed by atoms with Gasteiger partial charge in [0.25, 0.3) is 0 Å². The van der Waals surface area contributed by atoms with Crippen LogP contribution in [0.3, 0.4) is 0 Å². The van der Waals surface area contributed by atoms with Gasteiger partial charge in [0.1, 0.15) is 0 Å². The Morgan fingerprint density at radius 3 is 2.79 bits per heavy atom. The highest BCUT2D eigenvalue weighted by molar-refractivity contribution is 6.28. The normalized spacial score (nSPS) is 10.4. The smallest absolute Gasteiger partial charge is 0.233 e. The monoisotopic (exact) mass is 279 g/mol. The van der Waals surface area contributed by atoms with Crippen LogP contribution in [0.1, 0.15) is 5.56 Å². The summed E-state index contributed by atoms with van der Waals surface area (Å²) < 4.78 is 5.08. The van der Waals surface area contributed by atoms with Gasteiger partial charge < -0.3 is 15.8 Å². The van der Waals surface area contributed by atoms with Crippen LogP contribution < -0.4 is 11.1 Å². The van der Waals surface area contributed by atoms with Crippen LogP contribution in [0.25, 0.3) is 0 Å². The van der Waals surface area contributed by atoms with Crippen LogP contribution in [0.4, 0.5) is 17.6 Å². The molecule has 3 N–H and O–H groups in total. The number of methoxy groups -OCH3 is 1. The molecule has 19 heavy (non-hydrogen) atoms. The number of ether oxygens (including phenoxy) is 1. The number of benzene rings is 1. The Balaban J connectivity index is 2.22. The van der Waals surface area contributed by atoms with Crippen LogP contribution in [-0.4, -0.2) is 28.7 Å². The van der Waals surface area contributed by atoms with Crippen molar-refractivity contribution >= 4 is 29.2 Å². The van der Waals surface area contributed by atoms with Crippen LogP contribution in [0, 0.1) is 0 Å². The van der Waals surface area contributed by atoms with Crippen molar-refractivity contribution in [2.45, 2.75) is 6.42 Å². The summed E-state index contributed by atoms with van der Waals surface area (Å²) in [5.41, 5.74) is 7.51. The molecule has 0 bridgehead atoms. The summed E-state index contributed by atoms with van der Waals surface area (Å²) in [5, 5.41) is 3.14. The summed E-state index contributed by atoms with van der Waals surface area (Å²) in [7, 11) is 1.67. The molecule has 0 atom stereocenters. The van der Waals surface area contributed by atoms with E-state index < -0.39 is 0 Å². The fourth-order valence-electron chi connectivity index (χ4n) is 1.61. The van der Waals surface area contributed by atoms with Crippen LogP contribution >= 0.6 is 11.6 Å². The minimum atomic E-state index is 0.0596. The third-order valence-corrected chi connectivity index (χ3v) is 2.63. The molecular weight excluding hydrogens is 266 g/mol. The van der Waals surface area contributed by atoms with Crippen LogP contribution in [0.15, 0.2) is 24.3 Å². The zero-order valence-corrected chi connectivity index (χ0v) is 11.2. The van der Waals surface area contributed by atoms with E-state index in [1.807, 2.05) is 24.3 Å². The largest absolute Gasteiger partial charge is 0.384 e. The summed E-state index contributed by atoms with van der Waals surface area (Å²) in [5.74, 6) is 0.402. The quantitative estimate of drug-likeness (QED) is 0.871. The molecule has 6 nitrogen and oxygen atoms in total. The molecular formula is C12H14ClN5O. The molecule has 0 saturated carbocycles. The number of rotatable bonds is 5. The molecule has 0 aliphatic carbocycles. The van der Waals surface area contributed by atoms with Crippen molar-refractivity contribution in [2.75, 3.05) is 24.8 Å². The highest BCUT2D eigenvalue weighted by Gasteiger charge is 2.06. The van der Waals surface area contributed by atoms with Gasteiger partial charge in [0, 0.05) is 12.8 Å². The number of halogens is 1. The fourth-order valence-corrected chi connectivity index (χ4v) is 1.78. The Bertz CT molecular complexity index is 543. The van der Waals surface area contributed by atoms with Crippen molar-refractivity contribution in [3.63, 3.8) is 0 Å². The van der Waals surface area contributed by atoms with E-state index in [1.54, 1.807) is 7.11 Å². The molecule has 1 heterocycles. The maximum absolute atomic E-state index is 5.74. The van der Waals surface area contributed by atoms with Crippen molar-refractivity contribution in [1.82, 2.24) is 15.0 Å². The van der Waals surface area contributed by atoms with Crippen LogP contribution in [0.5, 0.6) is 0 Å². The van der Waals surface area contributed by atoms with Gasteiger partial charge in [0.05, 0.1) is 6.61 Å². The van der Waals surface area contributed by atoms with E-state index in [1.165, 1.54) is 0 Å². The zero-order valence-electron chi connectivity index (χ0n) is 10.4. The molecule has 0 radical (unpaired) electrons. The molecule has 0 aliphatic rings. The first-order valence-corrected chi connectivity index (χ1v) is 6.08. The lowest BCUT2D eigenvalue weighted by atomic mass is 10.1. The van der Waals surface area contributed by atoms with Crippen LogP contribution in [0.2, 0.25) is 5.28 Å².